The number of aromatic nitrogens is 3. The molecule has 132 valence electrons. The lowest BCUT2D eigenvalue weighted by Crippen LogP contribution is -2.37. The fraction of sp³-hybridized carbons (Fsp3) is 0.438. The Morgan fingerprint density at radius 3 is 2.88 bits per heavy atom. The van der Waals surface area contributed by atoms with Crippen LogP contribution in [0.1, 0.15) is 18.4 Å². The SMILES string of the molecule is CN=C(NCCCCSC)NCc1ccnc(-n2cccn2)c1.I. The molecule has 0 aliphatic heterocycles. The lowest BCUT2D eigenvalue weighted by molar-refractivity contribution is 0.732. The number of nitrogens with zero attached hydrogens (tertiary/aromatic N) is 4. The molecule has 0 amide bonds. The predicted molar refractivity (Wildman–Crippen MR) is 113 cm³/mol. The van der Waals surface area contributed by atoms with Gasteiger partial charge in [-0.3, -0.25) is 4.99 Å². The monoisotopic (exact) mass is 460 g/mol. The molecule has 0 saturated carbocycles. The van der Waals surface area contributed by atoms with Gasteiger partial charge in [-0.05, 0) is 48.6 Å². The molecule has 0 atom stereocenters. The molecule has 2 rings (SSSR count). The molecule has 0 spiro atoms. The number of aliphatic imine (C=N–C) groups is 1. The second-order valence-electron chi connectivity index (χ2n) is 5.03. The number of hydrogen-bond donors (Lipinski definition) is 2. The average Bonchev–Trinajstić information content (AvgIpc) is 3.12. The second kappa shape index (κ2) is 12.1. The molecule has 2 aromatic rings. The van der Waals surface area contributed by atoms with Crippen LogP contribution in [-0.2, 0) is 6.54 Å². The zero-order valence-electron chi connectivity index (χ0n) is 14.1. The van der Waals surface area contributed by atoms with Gasteiger partial charge in [0.2, 0.25) is 0 Å². The third-order valence-corrected chi connectivity index (χ3v) is 4.00. The van der Waals surface area contributed by atoms with Gasteiger partial charge in [0.15, 0.2) is 11.8 Å². The molecule has 2 N–H and O–H groups in total. The minimum Gasteiger partial charge on any atom is -0.356 e. The summed E-state index contributed by atoms with van der Waals surface area (Å²) >= 11 is 1.89. The lowest BCUT2D eigenvalue weighted by Gasteiger charge is -2.12. The molecule has 6 nitrogen and oxygen atoms in total. The number of unbranched alkanes of at least 4 members (excludes halogenated alkanes) is 1. The van der Waals surface area contributed by atoms with E-state index in [2.05, 4.69) is 32.0 Å². The van der Waals surface area contributed by atoms with Crippen molar-refractivity contribution in [2.75, 3.05) is 25.6 Å². The number of guanidine groups is 1. The van der Waals surface area contributed by atoms with Crippen LogP contribution >= 0.6 is 35.7 Å². The second-order valence-corrected chi connectivity index (χ2v) is 6.01. The van der Waals surface area contributed by atoms with E-state index in [0.29, 0.717) is 6.54 Å². The number of rotatable bonds is 8. The smallest absolute Gasteiger partial charge is 0.191 e. The van der Waals surface area contributed by atoms with E-state index in [1.54, 1.807) is 24.1 Å². The van der Waals surface area contributed by atoms with Crippen LogP contribution in [-0.4, -0.2) is 46.3 Å². The van der Waals surface area contributed by atoms with Gasteiger partial charge >= 0.3 is 0 Å². The van der Waals surface area contributed by atoms with Crippen molar-refractivity contribution in [3.05, 3.63) is 42.4 Å². The van der Waals surface area contributed by atoms with Gasteiger partial charge in [-0.25, -0.2) is 9.67 Å². The molecule has 2 heterocycles. The molecule has 0 bridgehead atoms. The van der Waals surface area contributed by atoms with Crippen molar-refractivity contribution in [2.45, 2.75) is 19.4 Å². The van der Waals surface area contributed by atoms with Crippen molar-refractivity contribution in [1.82, 2.24) is 25.4 Å². The fourth-order valence-corrected chi connectivity index (χ4v) is 2.58. The minimum absolute atomic E-state index is 0. The van der Waals surface area contributed by atoms with Crippen LogP contribution in [0, 0.1) is 0 Å². The summed E-state index contributed by atoms with van der Waals surface area (Å²) in [7, 11) is 1.79. The van der Waals surface area contributed by atoms with Gasteiger partial charge in [-0.1, -0.05) is 0 Å². The summed E-state index contributed by atoms with van der Waals surface area (Å²) in [6.07, 6.45) is 9.94. The van der Waals surface area contributed by atoms with Gasteiger partial charge < -0.3 is 10.6 Å². The van der Waals surface area contributed by atoms with Gasteiger partial charge in [0.1, 0.15) is 0 Å². The van der Waals surface area contributed by atoms with E-state index >= 15 is 0 Å². The molecule has 24 heavy (non-hydrogen) atoms. The first kappa shape index (κ1) is 20.8. The van der Waals surface area contributed by atoms with Crippen LogP contribution in [0.4, 0.5) is 0 Å². The van der Waals surface area contributed by atoms with Crippen LogP contribution < -0.4 is 10.6 Å². The van der Waals surface area contributed by atoms with Crippen molar-refractivity contribution < 1.29 is 0 Å². The highest BCUT2D eigenvalue weighted by Gasteiger charge is 2.02. The number of pyridine rings is 1. The number of halogens is 1. The van der Waals surface area contributed by atoms with Gasteiger partial charge in [-0.15, -0.1) is 24.0 Å². The summed E-state index contributed by atoms with van der Waals surface area (Å²) in [6, 6.07) is 5.90. The van der Waals surface area contributed by atoms with E-state index < -0.39 is 0 Å². The predicted octanol–water partition coefficient (Wildman–Crippen LogP) is 2.69. The number of hydrogen-bond acceptors (Lipinski definition) is 4. The van der Waals surface area contributed by atoms with E-state index in [4.69, 9.17) is 0 Å². The molecule has 0 saturated heterocycles. The summed E-state index contributed by atoms with van der Waals surface area (Å²) in [6.45, 7) is 1.64. The van der Waals surface area contributed by atoms with Crippen LogP contribution in [0.25, 0.3) is 5.82 Å². The Labute approximate surface area is 164 Å². The Hall–Kier alpha value is -1.29. The molecular formula is C16H25IN6S. The van der Waals surface area contributed by atoms with Crippen molar-refractivity contribution >= 4 is 41.7 Å². The first-order valence-electron chi connectivity index (χ1n) is 7.72. The number of nitrogens with one attached hydrogen (secondary N) is 2. The maximum atomic E-state index is 4.33. The minimum atomic E-state index is 0. The normalized spacial score (nSPS) is 11.0. The highest BCUT2D eigenvalue weighted by Crippen LogP contribution is 2.06. The average molecular weight is 460 g/mol. The number of thioether (sulfide) groups is 1. The van der Waals surface area contributed by atoms with Gasteiger partial charge in [0.25, 0.3) is 0 Å². The first-order valence-corrected chi connectivity index (χ1v) is 9.11. The summed E-state index contributed by atoms with van der Waals surface area (Å²) in [5, 5.41) is 10.9. The molecular weight excluding hydrogens is 435 g/mol. The molecule has 0 aromatic carbocycles. The summed E-state index contributed by atoms with van der Waals surface area (Å²) in [5.74, 6) is 2.85. The Balaban J connectivity index is 0.00000288. The zero-order valence-corrected chi connectivity index (χ0v) is 17.3. The summed E-state index contributed by atoms with van der Waals surface area (Å²) in [5.41, 5.74) is 1.14. The standard InChI is InChI=1S/C16H24N6S.HI/c1-17-16(19-7-3-4-11-23-2)20-13-14-6-9-18-15(12-14)22-10-5-8-21-22;/h5-6,8-10,12H,3-4,7,11,13H2,1-2H3,(H2,17,19,20);1H. The van der Waals surface area contributed by atoms with Crippen molar-refractivity contribution in [1.29, 1.82) is 0 Å². The molecule has 0 aliphatic carbocycles. The Bertz CT molecular complexity index is 602. The van der Waals surface area contributed by atoms with Crippen LogP contribution in [0.15, 0.2) is 41.8 Å². The van der Waals surface area contributed by atoms with E-state index in [1.807, 2.05) is 36.2 Å². The highest BCUT2D eigenvalue weighted by atomic mass is 127. The van der Waals surface area contributed by atoms with E-state index in [1.165, 1.54) is 12.2 Å². The van der Waals surface area contributed by atoms with Crippen molar-refractivity contribution in [3.8, 4) is 5.82 Å². The maximum Gasteiger partial charge on any atom is 0.191 e. The van der Waals surface area contributed by atoms with Gasteiger partial charge in [0, 0.05) is 38.7 Å². The van der Waals surface area contributed by atoms with Crippen LogP contribution in [0.3, 0.4) is 0 Å². The fourth-order valence-electron chi connectivity index (χ4n) is 2.08. The zero-order chi connectivity index (χ0) is 16.3. The van der Waals surface area contributed by atoms with Gasteiger partial charge in [0.05, 0.1) is 0 Å². The Morgan fingerprint density at radius 2 is 2.17 bits per heavy atom. The molecule has 0 radical (unpaired) electrons. The Morgan fingerprint density at radius 1 is 1.29 bits per heavy atom. The first-order chi connectivity index (χ1) is 11.3. The maximum absolute atomic E-state index is 4.33. The van der Waals surface area contributed by atoms with E-state index in [9.17, 15) is 0 Å². The lowest BCUT2D eigenvalue weighted by atomic mass is 10.2. The topological polar surface area (TPSA) is 67.1 Å². The van der Waals surface area contributed by atoms with Crippen LogP contribution in [0.5, 0.6) is 0 Å². The largest absolute Gasteiger partial charge is 0.356 e. The van der Waals surface area contributed by atoms with E-state index in [0.717, 1.165) is 30.3 Å². The Kier molecular flexibility index (Phi) is 10.5. The molecule has 0 aliphatic rings. The molecule has 0 unspecified atom stereocenters. The summed E-state index contributed by atoms with van der Waals surface area (Å²) < 4.78 is 1.75. The summed E-state index contributed by atoms with van der Waals surface area (Å²) in [4.78, 5) is 8.58. The quantitative estimate of drug-likeness (QED) is 0.275. The van der Waals surface area contributed by atoms with Crippen LogP contribution in [0.2, 0.25) is 0 Å². The van der Waals surface area contributed by atoms with E-state index in [-0.39, 0.29) is 24.0 Å². The third kappa shape index (κ3) is 7.08. The molecule has 8 heteroatoms. The molecule has 0 fully saturated rings. The van der Waals surface area contributed by atoms with Crippen molar-refractivity contribution in [3.63, 3.8) is 0 Å². The van der Waals surface area contributed by atoms with Gasteiger partial charge in [-0.2, -0.15) is 16.9 Å². The van der Waals surface area contributed by atoms with Crippen molar-refractivity contribution in [2.24, 2.45) is 4.99 Å². The molecule has 2 aromatic heterocycles. The highest BCUT2D eigenvalue weighted by molar-refractivity contribution is 14.0. The third-order valence-electron chi connectivity index (χ3n) is 3.30.